The van der Waals surface area contributed by atoms with Crippen molar-refractivity contribution in [2.75, 3.05) is 20.1 Å². The van der Waals surface area contributed by atoms with Crippen LogP contribution in [-0.2, 0) is 16.6 Å². The summed E-state index contributed by atoms with van der Waals surface area (Å²) in [6.07, 6.45) is 10.5. The van der Waals surface area contributed by atoms with Gasteiger partial charge < -0.3 is 24.3 Å². The van der Waals surface area contributed by atoms with Gasteiger partial charge in [-0.05, 0) is 56.0 Å². The maximum Gasteiger partial charge on any atom is 0.246 e. The predicted molar refractivity (Wildman–Crippen MR) is 127 cm³/mol. The molecule has 1 aromatic heterocycles. The highest BCUT2D eigenvalue weighted by molar-refractivity contribution is 5.91. The Labute approximate surface area is 198 Å². The molecular weight excluding hydrogens is 432 g/mol. The van der Waals surface area contributed by atoms with Crippen LogP contribution in [0.5, 0.6) is 11.5 Å². The quantitative estimate of drug-likeness (QED) is 0.525. The van der Waals surface area contributed by atoms with Crippen molar-refractivity contribution in [2.45, 2.75) is 54.9 Å². The number of ether oxygens (including phenoxy) is 1. The van der Waals surface area contributed by atoms with Crippen LogP contribution in [0.2, 0.25) is 0 Å². The number of likely N-dealkylation sites (tertiary alicyclic amines) is 1. The number of aromatic hydroxyl groups is 1. The van der Waals surface area contributed by atoms with Crippen molar-refractivity contribution in [3.05, 3.63) is 66.1 Å². The second-order valence-corrected chi connectivity index (χ2v) is 10.1. The van der Waals surface area contributed by atoms with Crippen molar-refractivity contribution >= 4 is 12.0 Å². The minimum Gasteiger partial charge on any atom is -0.504 e. The van der Waals surface area contributed by atoms with Crippen LogP contribution >= 0.6 is 0 Å². The summed E-state index contributed by atoms with van der Waals surface area (Å²) in [7, 11) is 1.80. The highest BCUT2D eigenvalue weighted by Gasteiger charge is 2.73. The largest absolute Gasteiger partial charge is 0.504 e. The Kier molecular flexibility index (Phi) is 4.73. The van der Waals surface area contributed by atoms with Gasteiger partial charge >= 0.3 is 0 Å². The van der Waals surface area contributed by atoms with E-state index in [1.165, 1.54) is 0 Å². The molecule has 2 aliphatic heterocycles. The number of piperidine rings is 1. The lowest BCUT2D eigenvalue weighted by Gasteiger charge is -2.64. The smallest absolute Gasteiger partial charge is 0.246 e. The van der Waals surface area contributed by atoms with Gasteiger partial charge in [-0.25, -0.2) is 0 Å². The van der Waals surface area contributed by atoms with Gasteiger partial charge in [0.2, 0.25) is 5.91 Å². The summed E-state index contributed by atoms with van der Waals surface area (Å²) >= 11 is 0. The zero-order chi connectivity index (χ0) is 23.7. The number of carbonyl (C=O) groups is 1. The molecule has 0 radical (unpaired) electrons. The molecule has 0 unspecified atom stereocenters. The minimum absolute atomic E-state index is 0.0590. The topological polar surface area (TPSA) is 86.4 Å². The second kappa shape index (κ2) is 7.48. The van der Waals surface area contributed by atoms with E-state index in [1.807, 2.05) is 12.1 Å². The number of carbonyl (C=O) groups excluding carboxylic acids is 1. The molecule has 1 saturated carbocycles. The number of hydrogen-bond acceptors (Lipinski definition) is 6. The first-order valence-electron chi connectivity index (χ1n) is 12.0. The van der Waals surface area contributed by atoms with E-state index in [0.717, 1.165) is 29.8 Å². The number of aliphatic hydroxyl groups is 1. The minimum atomic E-state index is -1.00. The maximum absolute atomic E-state index is 13.1. The molecule has 34 heavy (non-hydrogen) atoms. The third-order valence-corrected chi connectivity index (χ3v) is 8.71. The maximum atomic E-state index is 13.1. The van der Waals surface area contributed by atoms with Crippen molar-refractivity contribution < 1.29 is 24.2 Å². The van der Waals surface area contributed by atoms with Crippen molar-refractivity contribution in [1.82, 2.24) is 9.80 Å². The highest BCUT2D eigenvalue weighted by atomic mass is 16.5. The summed E-state index contributed by atoms with van der Waals surface area (Å²) in [5.74, 6) is 0.455. The number of hydrogen-bond donors (Lipinski definition) is 2. The van der Waals surface area contributed by atoms with Gasteiger partial charge in [-0.15, -0.1) is 6.58 Å². The van der Waals surface area contributed by atoms with E-state index in [-0.39, 0.29) is 23.7 Å². The summed E-state index contributed by atoms with van der Waals surface area (Å²) in [4.78, 5) is 17.2. The molecule has 2 aliphatic carbocycles. The number of furan rings is 1. The van der Waals surface area contributed by atoms with Crippen LogP contribution in [0.4, 0.5) is 0 Å². The average molecular weight is 463 g/mol. The number of phenols is 1. The highest BCUT2D eigenvalue weighted by Crippen LogP contribution is 2.65. The Bertz CT molecular complexity index is 1170. The van der Waals surface area contributed by atoms with Gasteiger partial charge in [-0.3, -0.25) is 9.69 Å². The Balaban J connectivity index is 1.41. The molecule has 2 aromatic rings. The molecule has 3 heterocycles. The van der Waals surface area contributed by atoms with Gasteiger partial charge in [0.05, 0.1) is 29.6 Å². The Hall–Kier alpha value is -3.03. The first-order valence-corrected chi connectivity index (χ1v) is 12.0. The van der Waals surface area contributed by atoms with E-state index in [9.17, 15) is 15.0 Å². The third kappa shape index (κ3) is 2.68. The molecule has 5 atom stereocenters. The monoisotopic (exact) mass is 462 g/mol. The summed E-state index contributed by atoms with van der Waals surface area (Å²) in [6, 6.07) is 5.17. The Morgan fingerprint density at radius 2 is 2.21 bits per heavy atom. The fourth-order valence-corrected chi connectivity index (χ4v) is 7.20. The van der Waals surface area contributed by atoms with Gasteiger partial charge in [0.25, 0.3) is 0 Å². The zero-order valence-electron chi connectivity index (χ0n) is 19.3. The molecule has 7 heteroatoms. The van der Waals surface area contributed by atoms with Gasteiger partial charge in [-0.1, -0.05) is 12.1 Å². The van der Waals surface area contributed by atoms with Crippen molar-refractivity contribution in [1.29, 1.82) is 0 Å². The van der Waals surface area contributed by atoms with Gasteiger partial charge in [0.1, 0.15) is 6.10 Å². The fraction of sp³-hybridized carbons (Fsp3) is 0.444. The number of nitrogens with zero attached hydrogens (tertiary/aromatic N) is 2. The van der Waals surface area contributed by atoms with Gasteiger partial charge in [0.15, 0.2) is 11.5 Å². The fourth-order valence-electron chi connectivity index (χ4n) is 7.20. The molecule has 7 nitrogen and oxygen atoms in total. The number of benzene rings is 1. The Morgan fingerprint density at radius 1 is 1.35 bits per heavy atom. The molecule has 1 spiro atoms. The number of phenolic OH excluding ortho intramolecular Hbond substituents is 1. The standard InChI is InChI=1S/C27H30N2O5/c1-3-12-29-13-11-26-23-18-5-6-20(30)24(23)34-25(26)19(8-10-27(26,32)21(29)15-18)28(2)22(31)7-4-17-9-14-33-16-17/h3-7,9,14,16,19,21,25,30,32H,1,8,10-13,15H2,2H3/b7-4+/t19-,21+,25-,26-,27+/m0/s1. The molecule has 1 saturated heterocycles. The van der Waals surface area contributed by atoms with E-state index in [1.54, 1.807) is 48.8 Å². The van der Waals surface area contributed by atoms with Crippen molar-refractivity contribution in [2.24, 2.45) is 0 Å². The molecular formula is C27H30N2O5. The summed E-state index contributed by atoms with van der Waals surface area (Å²) < 4.78 is 11.6. The van der Waals surface area contributed by atoms with E-state index >= 15 is 0 Å². The van der Waals surface area contributed by atoms with E-state index < -0.39 is 17.1 Å². The summed E-state index contributed by atoms with van der Waals surface area (Å²) in [5.41, 5.74) is 1.23. The average Bonchev–Trinajstić information content (AvgIpc) is 3.46. The first kappa shape index (κ1) is 21.5. The lowest BCUT2D eigenvalue weighted by Crippen LogP contribution is -2.78. The molecule has 178 valence electrons. The van der Waals surface area contributed by atoms with Crippen LogP contribution in [0.25, 0.3) is 6.08 Å². The molecule has 6 rings (SSSR count). The SMILES string of the molecule is C=CCN1CC[C@]23c4c5ccc(O)c4O[C@H]2[C@@H](N(C)C(=O)/C=C/c2ccoc2)CC[C@@]3(O)[C@H]1C5. The van der Waals surface area contributed by atoms with E-state index in [0.29, 0.717) is 31.4 Å². The number of likely N-dealkylation sites (N-methyl/N-ethyl adjacent to an activating group) is 1. The predicted octanol–water partition coefficient (Wildman–Crippen LogP) is 2.87. The normalized spacial score (nSPS) is 33.4. The van der Waals surface area contributed by atoms with Crippen LogP contribution in [0.3, 0.4) is 0 Å². The first-order chi connectivity index (χ1) is 16.4. The third-order valence-electron chi connectivity index (χ3n) is 8.71. The Morgan fingerprint density at radius 3 is 2.97 bits per heavy atom. The summed E-state index contributed by atoms with van der Waals surface area (Å²) in [5, 5.41) is 23.1. The van der Waals surface area contributed by atoms with E-state index in [4.69, 9.17) is 9.15 Å². The van der Waals surface area contributed by atoms with Gasteiger partial charge in [0, 0.05) is 36.8 Å². The van der Waals surface area contributed by atoms with Crippen molar-refractivity contribution in [3.8, 4) is 11.5 Å². The molecule has 2 bridgehead atoms. The van der Waals surface area contributed by atoms with E-state index in [2.05, 4.69) is 11.5 Å². The molecule has 1 amide bonds. The van der Waals surface area contributed by atoms with Crippen LogP contribution in [0.1, 0.15) is 36.0 Å². The zero-order valence-corrected chi connectivity index (χ0v) is 19.3. The van der Waals surface area contributed by atoms with Crippen LogP contribution in [-0.4, -0.2) is 69.8 Å². The molecule has 2 fully saturated rings. The number of rotatable bonds is 5. The summed E-state index contributed by atoms with van der Waals surface area (Å²) in [6.45, 7) is 5.44. The van der Waals surface area contributed by atoms with Gasteiger partial charge in [-0.2, -0.15) is 0 Å². The second-order valence-electron chi connectivity index (χ2n) is 10.1. The van der Waals surface area contributed by atoms with Crippen molar-refractivity contribution in [3.63, 3.8) is 0 Å². The van der Waals surface area contributed by atoms with Crippen LogP contribution < -0.4 is 4.74 Å². The lowest BCUT2D eigenvalue weighted by atomic mass is 9.48. The molecule has 2 N–H and O–H groups in total. The lowest BCUT2D eigenvalue weighted by molar-refractivity contribution is -0.198. The molecule has 4 aliphatic rings. The molecule has 1 aromatic carbocycles. The number of amides is 1. The van der Waals surface area contributed by atoms with Crippen LogP contribution in [0.15, 0.2) is 53.9 Å². The van der Waals surface area contributed by atoms with Crippen LogP contribution in [0, 0.1) is 0 Å².